The summed E-state index contributed by atoms with van der Waals surface area (Å²) in [6, 6.07) is 9.31. The molecule has 0 N–H and O–H groups in total. The van der Waals surface area contributed by atoms with Crippen LogP contribution in [0.25, 0.3) is 0 Å². The summed E-state index contributed by atoms with van der Waals surface area (Å²) in [6.07, 6.45) is 3.65. The number of benzene rings is 1. The number of hydrogen-bond acceptors (Lipinski definition) is 0. The lowest BCUT2D eigenvalue weighted by Gasteiger charge is -2.34. The molecule has 0 heterocycles. The average molecular weight is 291 g/mol. The van der Waals surface area contributed by atoms with E-state index >= 15 is 0 Å². The molecule has 1 rings (SSSR count). The van der Waals surface area contributed by atoms with Gasteiger partial charge in [-0.15, -0.1) is 11.2 Å². The van der Waals surface area contributed by atoms with Crippen molar-refractivity contribution in [3.63, 3.8) is 0 Å². The quantitative estimate of drug-likeness (QED) is 0.556. The average Bonchev–Trinajstić information content (AvgIpc) is 2.46. The number of hydrogen-bond donors (Lipinski definition) is 0. The van der Waals surface area contributed by atoms with Crippen LogP contribution in [-0.4, -0.2) is 0 Å². The van der Waals surface area contributed by atoms with Crippen molar-refractivity contribution in [2.24, 2.45) is 5.92 Å². The van der Waals surface area contributed by atoms with Crippen LogP contribution in [0.15, 0.2) is 24.3 Å². The van der Waals surface area contributed by atoms with Gasteiger partial charge in [0.2, 0.25) is 0 Å². The molecule has 0 spiro atoms. The summed E-state index contributed by atoms with van der Waals surface area (Å²) in [7, 11) is 0. The van der Waals surface area contributed by atoms with E-state index < -0.39 is 0 Å². The fourth-order valence-corrected chi connectivity index (χ4v) is 3.95. The Labute approximate surface area is 129 Å². The van der Waals surface area contributed by atoms with Crippen molar-refractivity contribution in [2.75, 3.05) is 0 Å². The fraction of sp³-hybridized carbons (Fsp3) is 0.632. The molecule has 0 fully saturated rings. The Balaban J connectivity index is 3.03. The Bertz CT molecular complexity index is 455. The highest BCUT2D eigenvalue weighted by molar-refractivity contribution is 7.88. The van der Waals surface area contributed by atoms with Gasteiger partial charge in [-0.2, -0.15) is 0 Å². The van der Waals surface area contributed by atoms with Gasteiger partial charge < -0.3 is 0 Å². The predicted octanol–water partition coefficient (Wildman–Crippen LogP) is 6.56. The van der Waals surface area contributed by atoms with Crippen molar-refractivity contribution in [1.82, 2.24) is 0 Å². The maximum Gasteiger partial charge on any atom is 0.0537 e. The van der Waals surface area contributed by atoms with E-state index in [1.807, 2.05) is 18.1 Å². The molecule has 0 unspecified atom stereocenters. The summed E-state index contributed by atoms with van der Waals surface area (Å²) in [5, 5.41) is 3.76. The van der Waals surface area contributed by atoms with Gasteiger partial charge in [0.25, 0.3) is 0 Å². The summed E-state index contributed by atoms with van der Waals surface area (Å²) >= 11 is 1.81. The van der Waals surface area contributed by atoms with Crippen LogP contribution >= 0.6 is 11.2 Å². The Morgan fingerprint density at radius 3 is 1.95 bits per heavy atom. The molecular formula is C19H30S. The van der Waals surface area contributed by atoms with Gasteiger partial charge in [0.05, 0.1) is 5.25 Å². The molecule has 1 heteroatoms. The second-order valence-electron chi connectivity index (χ2n) is 6.08. The summed E-state index contributed by atoms with van der Waals surface area (Å²) in [5.41, 5.74) is 3.16. The first-order chi connectivity index (χ1) is 9.51. The molecule has 20 heavy (non-hydrogen) atoms. The first kappa shape index (κ1) is 17.3. The molecule has 0 radical (unpaired) electrons. The van der Waals surface area contributed by atoms with E-state index in [4.69, 9.17) is 0 Å². The molecular weight excluding hydrogens is 260 g/mol. The van der Waals surface area contributed by atoms with E-state index in [0.717, 1.165) is 12.3 Å². The minimum absolute atomic E-state index is 0.264. The Morgan fingerprint density at radius 2 is 1.55 bits per heavy atom. The van der Waals surface area contributed by atoms with E-state index in [0.29, 0.717) is 5.25 Å². The van der Waals surface area contributed by atoms with Crippen molar-refractivity contribution in [3.05, 3.63) is 35.4 Å². The van der Waals surface area contributed by atoms with Crippen molar-refractivity contribution in [1.29, 1.82) is 0 Å². The van der Waals surface area contributed by atoms with Gasteiger partial charge in [0, 0.05) is 0 Å². The zero-order valence-electron chi connectivity index (χ0n) is 14.0. The first-order valence-electron chi connectivity index (χ1n) is 7.93. The van der Waals surface area contributed by atoms with Crippen LogP contribution in [0.5, 0.6) is 0 Å². The lowest BCUT2D eigenvalue weighted by molar-refractivity contribution is 0.299. The molecule has 0 nitrogen and oxygen atoms in total. The fourth-order valence-electron chi connectivity index (χ4n) is 3.20. The van der Waals surface area contributed by atoms with E-state index in [1.54, 1.807) is 0 Å². The monoisotopic (exact) mass is 290 g/mol. The van der Waals surface area contributed by atoms with Crippen molar-refractivity contribution in [2.45, 2.75) is 71.5 Å². The smallest absolute Gasteiger partial charge is 0.0537 e. The molecule has 0 bridgehead atoms. The molecule has 1 aromatic rings. The topological polar surface area (TPSA) is 0 Å². The van der Waals surface area contributed by atoms with Gasteiger partial charge in [-0.1, -0.05) is 76.9 Å². The minimum Gasteiger partial charge on any atom is -0.127 e. The molecule has 0 saturated heterocycles. The van der Waals surface area contributed by atoms with Gasteiger partial charge in [0.1, 0.15) is 0 Å². The summed E-state index contributed by atoms with van der Waals surface area (Å²) in [6.45, 7) is 13.6. The van der Waals surface area contributed by atoms with Gasteiger partial charge in [-0.3, -0.25) is 0 Å². The molecule has 0 aromatic heterocycles. The Kier molecular flexibility index (Phi) is 6.79. The third kappa shape index (κ3) is 3.87. The lowest BCUT2D eigenvalue weighted by atomic mass is 9.71. The third-order valence-electron chi connectivity index (χ3n) is 4.66. The van der Waals surface area contributed by atoms with Crippen LogP contribution in [0.4, 0.5) is 0 Å². The van der Waals surface area contributed by atoms with Gasteiger partial charge in [-0.05, 0) is 35.8 Å². The predicted molar refractivity (Wildman–Crippen MR) is 93.7 cm³/mol. The van der Waals surface area contributed by atoms with Gasteiger partial charge in [-0.25, -0.2) is 0 Å². The van der Waals surface area contributed by atoms with Gasteiger partial charge in [0.15, 0.2) is 0 Å². The van der Waals surface area contributed by atoms with Crippen LogP contribution in [0, 0.1) is 11.1 Å². The maximum atomic E-state index is 3.22. The zero-order chi connectivity index (χ0) is 15.2. The maximum absolute atomic E-state index is 3.22. The molecule has 112 valence electrons. The lowest BCUT2D eigenvalue weighted by Crippen LogP contribution is -2.27. The second-order valence-corrected chi connectivity index (χ2v) is 7.29. The molecule has 0 aliphatic carbocycles. The third-order valence-corrected chi connectivity index (χ3v) is 5.79. The highest BCUT2D eigenvalue weighted by Crippen LogP contribution is 2.36. The highest BCUT2D eigenvalue weighted by Gasteiger charge is 2.28. The van der Waals surface area contributed by atoms with Crippen molar-refractivity contribution < 1.29 is 0 Å². The standard InChI is InChI=1S/C19H30S/c1-7-16(8-2)19(5,6)17-13-11-15(12-14-17)18(9-3)20-10-4/h11-14,16,18H,7-9H2,1-6H3/t18-/m1/s1. The largest absolute Gasteiger partial charge is 0.127 e. The van der Waals surface area contributed by atoms with Crippen LogP contribution in [0.3, 0.4) is 0 Å². The Hall–Kier alpha value is -0.780. The van der Waals surface area contributed by atoms with Crippen LogP contribution < -0.4 is 0 Å². The van der Waals surface area contributed by atoms with Crippen LogP contribution in [0.1, 0.15) is 77.2 Å². The van der Waals surface area contributed by atoms with E-state index in [1.165, 1.54) is 24.0 Å². The summed E-state index contributed by atoms with van der Waals surface area (Å²) in [4.78, 5) is 0. The molecule has 1 aromatic carbocycles. The van der Waals surface area contributed by atoms with Crippen LogP contribution in [0.2, 0.25) is 0 Å². The second kappa shape index (κ2) is 7.86. The summed E-state index contributed by atoms with van der Waals surface area (Å²) in [5.74, 6) is 0.752. The van der Waals surface area contributed by atoms with E-state index in [9.17, 15) is 0 Å². The normalized spacial score (nSPS) is 13.2. The van der Waals surface area contributed by atoms with E-state index in [-0.39, 0.29) is 5.41 Å². The summed E-state index contributed by atoms with van der Waals surface area (Å²) < 4.78 is 0. The Morgan fingerprint density at radius 1 is 1.00 bits per heavy atom. The minimum atomic E-state index is 0.264. The van der Waals surface area contributed by atoms with Crippen molar-refractivity contribution >= 4 is 11.2 Å². The molecule has 0 aliphatic heterocycles. The highest BCUT2D eigenvalue weighted by atomic mass is 32.1. The van der Waals surface area contributed by atoms with Crippen LogP contribution in [-0.2, 0) is 5.41 Å². The zero-order valence-corrected chi connectivity index (χ0v) is 14.8. The van der Waals surface area contributed by atoms with Gasteiger partial charge >= 0.3 is 0 Å². The molecule has 0 amide bonds. The van der Waals surface area contributed by atoms with E-state index in [2.05, 4.69) is 64.1 Å². The SMILES string of the molecule is CC#S[C@H](CC)c1ccc(C(C)(C)C(CC)CC)cc1. The first-order valence-corrected chi connectivity index (χ1v) is 8.81. The number of rotatable bonds is 6. The molecule has 0 saturated carbocycles. The van der Waals surface area contributed by atoms with Crippen molar-refractivity contribution in [3.8, 4) is 5.18 Å². The molecule has 1 atom stereocenters. The molecule has 0 aliphatic rings.